The number of hydrogen-bond acceptors (Lipinski definition) is 5. The molecular formula is C18H24N2O6. The van der Waals surface area contributed by atoms with Crippen molar-refractivity contribution in [2.24, 2.45) is 0 Å². The summed E-state index contributed by atoms with van der Waals surface area (Å²) >= 11 is 0. The van der Waals surface area contributed by atoms with Gasteiger partial charge in [-0.05, 0) is 5.56 Å². The molecule has 1 rings (SSSR count). The first-order chi connectivity index (χ1) is 12.4. The van der Waals surface area contributed by atoms with Crippen LogP contribution >= 0.6 is 0 Å². The number of nitrogens with one attached hydrogen (secondary N) is 1. The third kappa shape index (κ3) is 12.3. The van der Waals surface area contributed by atoms with E-state index in [2.05, 4.69) is 18.5 Å². The summed E-state index contributed by atoms with van der Waals surface area (Å²) in [6.45, 7) is 7.28. The van der Waals surface area contributed by atoms with E-state index in [1.54, 1.807) is 6.08 Å². The van der Waals surface area contributed by atoms with Gasteiger partial charge in [-0.3, -0.25) is 14.5 Å². The minimum Gasteiger partial charge on any atom is -0.480 e. The summed E-state index contributed by atoms with van der Waals surface area (Å²) in [6, 6.07) is 9.17. The van der Waals surface area contributed by atoms with Crippen molar-refractivity contribution in [3.63, 3.8) is 0 Å². The van der Waals surface area contributed by atoms with Crippen LogP contribution in [0.1, 0.15) is 5.56 Å². The zero-order chi connectivity index (χ0) is 19.8. The number of carboxylic acid groups (broad SMARTS) is 2. The molecule has 0 aliphatic heterocycles. The topological polar surface area (TPSA) is 116 Å². The van der Waals surface area contributed by atoms with Crippen molar-refractivity contribution >= 4 is 18.0 Å². The molecule has 0 heterocycles. The fourth-order valence-corrected chi connectivity index (χ4v) is 1.61. The van der Waals surface area contributed by atoms with Gasteiger partial charge in [-0.25, -0.2) is 4.79 Å². The second-order valence-electron chi connectivity index (χ2n) is 4.92. The van der Waals surface area contributed by atoms with E-state index in [-0.39, 0.29) is 19.7 Å². The average Bonchev–Trinajstić information content (AvgIpc) is 2.60. The molecule has 1 aromatic rings. The maximum Gasteiger partial charge on any atom is 0.410 e. The number of carbonyl (C=O) groups excluding carboxylic acids is 1. The second kappa shape index (κ2) is 14.2. The van der Waals surface area contributed by atoms with Crippen LogP contribution in [-0.2, 0) is 20.9 Å². The zero-order valence-electron chi connectivity index (χ0n) is 14.5. The molecule has 0 bridgehead atoms. The van der Waals surface area contributed by atoms with E-state index in [4.69, 9.17) is 14.9 Å². The normalized spacial score (nSPS) is 9.23. The molecule has 0 unspecified atom stereocenters. The number of benzene rings is 1. The van der Waals surface area contributed by atoms with Crippen LogP contribution in [0.3, 0.4) is 0 Å². The Kier molecular flexibility index (Phi) is 12.5. The molecule has 1 aromatic carbocycles. The molecule has 0 fully saturated rings. The molecule has 0 radical (unpaired) electrons. The van der Waals surface area contributed by atoms with E-state index in [1.807, 2.05) is 30.3 Å². The maximum absolute atomic E-state index is 11.6. The predicted octanol–water partition coefficient (Wildman–Crippen LogP) is 1.74. The van der Waals surface area contributed by atoms with Gasteiger partial charge in [0, 0.05) is 13.1 Å². The molecular weight excluding hydrogens is 340 g/mol. The number of carbonyl (C=O) groups is 3. The lowest BCUT2D eigenvalue weighted by molar-refractivity contribution is -0.138. The number of nitrogens with zero attached hydrogens (tertiary/aromatic N) is 1. The Morgan fingerprint density at radius 2 is 1.73 bits per heavy atom. The zero-order valence-corrected chi connectivity index (χ0v) is 14.5. The SMILES string of the molecule is C=CCN(CC(=O)O)C(=O)OCc1ccccc1.C=CCNCC(=O)O. The third-order valence-corrected chi connectivity index (χ3v) is 2.70. The monoisotopic (exact) mass is 364 g/mol. The third-order valence-electron chi connectivity index (χ3n) is 2.70. The van der Waals surface area contributed by atoms with Crippen molar-refractivity contribution in [1.82, 2.24) is 10.2 Å². The fraction of sp³-hybridized carbons (Fsp3) is 0.278. The van der Waals surface area contributed by atoms with Gasteiger partial charge in [0.2, 0.25) is 0 Å². The van der Waals surface area contributed by atoms with Gasteiger partial charge in [-0.1, -0.05) is 42.5 Å². The van der Waals surface area contributed by atoms with Crippen molar-refractivity contribution < 1.29 is 29.3 Å². The van der Waals surface area contributed by atoms with E-state index >= 15 is 0 Å². The highest BCUT2D eigenvalue weighted by Gasteiger charge is 2.16. The summed E-state index contributed by atoms with van der Waals surface area (Å²) in [4.78, 5) is 33.1. The Hall–Kier alpha value is -3.13. The number of ether oxygens (including phenoxy) is 1. The predicted molar refractivity (Wildman–Crippen MR) is 96.7 cm³/mol. The smallest absolute Gasteiger partial charge is 0.410 e. The van der Waals surface area contributed by atoms with E-state index in [1.165, 1.54) is 6.08 Å². The van der Waals surface area contributed by atoms with Gasteiger partial charge in [0.15, 0.2) is 0 Å². The Labute approximate surface area is 152 Å². The van der Waals surface area contributed by atoms with Crippen LogP contribution < -0.4 is 5.32 Å². The highest BCUT2D eigenvalue weighted by atomic mass is 16.6. The van der Waals surface area contributed by atoms with Crippen LogP contribution in [0.25, 0.3) is 0 Å². The van der Waals surface area contributed by atoms with Gasteiger partial charge >= 0.3 is 18.0 Å². The highest BCUT2D eigenvalue weighted by Crippen LogP contribution is 2.03. The number of amides is 1. The number of hydrogen-bond donors (Lipinski definition) is 3. The summed E-state index contributed by atoms with van der Waals surface area (Å²) in [7, 11) is 0. The van der Waals surface area contributed by atoms with Crippen LogP contribution in [0.2, 0.25) is 0 Å². The van der Waals surface area contributed by atoms with Gasteiger partial charge < -0.3 is 20.3 Å². The van der Waals surface area contributed by atoms with Crippen LogP contribution in [0.4, 0.5) is 4.79 Å². The molecule has 8 nitrogen and oxygen atoms in total. The molecule has 26 heavy (non-hydrogen) atoms. The lowest BCUT2D eigenvalue weighted by Gasteiger charge is -2.18. The number of carboxylic acids is 2. The Morgan fingerprint density at radius 1 is 1.08 bits per heavy atom. The molecule has 0 aromatic heterocycles. The molecule has 3 N–H and O–H groups in total. The van der Waals surface area contributed by atoms with E-state index in [0.29, 0.717) is 6.54 Å². The number of aliphatic carboxylic acids is 2. The van der Waals surface area contributed by atoms with E-state index in [9.17, 15) is 14.4 Å². The van der Waals surface area contributed by atoms with Gasteiger partial charge in [0.05, 0.1) is 6.54 Å². The number of rotatable bonds is 10. The van der Waals surface area contributed by atoms with Crippen molar-refractivity contribution in [2.45, 2.75) is 6.61 Å². The highest BCUT2D eigenvalue weighted by molar-refractivity contribution is 5.76. The van der Waals surface area contributed by atoms with Gasteiger partial charge in [-0.15, -0.1) is 13.2 Å². The molecule has 0 saturated heterocycles. The summed E-state index contributed by atoms with van der Waals surface area (Å²) in [5.41, 5.74) is 0.847. The van der Waals surface area contributed by atoms with Crippen LogP contribution in [0.15, 0.2) is 55.6 Å². The molecule has 142 valence electrons. The van der Waals surface area contributed by atoms with Gasteiger partial charge in [-0.2, -0.15) is 0 Å². The molecule has 0 aliphatic rings. The van der Waals surface area contributed by atoms with Crippen molar-refractivity contribution in [2.75, 3.05) is 26.2 Å². The van der Waals surface area contributed by atoms with Crippen molar-refractivity contribution in [3.05, 3.63) is 61.2 Å². The summed E-state index contributed by atoms with van der Waals surface area (Å²) < 4.78 is 5.02. The molecule has 0 atom stereocenters. The lowest BCUT2D eigenvalue weighted by Crippen LogP contribution is -2.36. The van der Waals surface area contributed by atoms with Crippen LogP contribution in [0.5, 0.6) is 0 Å². The first-order valence-electron chi connectivity index (χ1n) is 7.72. The minimum atomic E-state index is -1.09. The molecule has 0 aliphatic carbocycles. The quantitative estimate of drug-likeness (QED) is 0.428. The lowest BCUT2D eigenvalue weighted by atomic mass is 10.2. The molecule has 0 saturated carbocycles. The maximum atomic E-state index is 11.6. The minimum absolute atomic E-state index is 0.00597. The molecule has 0 spiro atoms. The fourth-order valence-electron chi connectivity index (χ4n) is 1.61. The Bertz CT molecular complexity index is 589. The molecule has 1 amide bonds. The summed E-state index contributed by atoms with van der Waals surface area (Å²) in [5, 5.41) is 19.3. The van der Waals surface area contributed by atoms with E-state index in [0.717, 1.165) is 10.5 Å². The Balaban J connectivity index is 0.000000660. The van der Waals surface area contributed by atoms with Crippen molar-refractivity contribution in [1.29, 1.82) is 0 Å². The van der Waals surface area contributed by atoms with E-state index < -0.39 is 24.6 Å². The summed E-state index contributed by atoms with van der Waals surface area (Å²) in [5.74, 6) is -1.93. The van der Waals surface area contributed by atoms with Crippen molar-refractivity contribution in [3.8, 4) is 0 Å². The average molecular weight is 364 g/mol. The first-order valence-corrected chi connectivity index (χ1v) is 7.72. The second-order valence-corrected chi connectivity index (χ2v) is 4.92. The van der Waals surface area contributed by atoms with Crippen LogP contribution in [0, 0.1) is 0 Å². The largest absolute Gasteiger partial charge is 0.480 e. The summed E-state index contributed by atoms with van der Waals surface area (Å²) in [6.07, 6.45) is 2.40. The van der Waals surface area contributed by atoms with Gasteiger partial charge in [0.25, 0.3) is 0 Å². The van der Waals surface area contributed by atoms with Gasteiger partial charge in [0.1, 0.15) is 13.2 Å². The standard InChI is InChI=1S/C13H15NO4.C5H9NO2/c1-2-8-14(9-12(15)16)13(17)18-10-11-6-4-3-5-7-11;1-2-3-6-4-5(7)8/h2-7H,1,8-10H2,(H,15,16);2,6H,1,3-4H2,(H,7,8). The first kappa shape index (κ1) is 22.9. The van der Waals surface area contributed by atoms with Crippen LogP contribution in [-0.4, -0.2) is 59.3 Å². The Morgan fingerprint density at radius 3 is 2.23 bits per heavy atom. The molecule has 8 heteroatoms.